The number of H-pyrrole nitrogens is 1. The summed E-state index contributed by atoms with van der Waals surface area (Å²) in [5.74, 6) is 0.327. The molecule has 0 fully saturated rings. The molecule has 0 unspecified atom stereocenters. The van der Waals surface area contributed by atoms with Crippen molar-refractivity contribution in [2.75, 3.05) is 6.61 Å². The van der Waals surface area contributed by atoms with Crippen LogP contribution in [0.4, 0.5) is 4.79 Å². The number of rotatable bonds is 2. The number of carboxylic acid groups (broad SMARTS) is 1. The Morgan fingerprint density at radius 1 is 1.62 bits per heavy atom. The fourth-order valence-corrected chi connectivity index (χ4v) is 1.54. The Labute approximate surface area is 90.5 Å². The van der Waals surface area contributed by atoms with Gasteiger partial charge in [0.25, 0.3) is 5.56 Å². The van der Waals surface area contributed by atoms with Crippen molar-refractivity contribution < 1.29 is 14.6 Å². The van der Waals surface area contributed by atoms with Gasteiger partial charge in [-0.3, -0.25) is 4.79 Å². The van der Waals surface area contributed by atoms with E-state index in [2.05, 4.69) is 15.3 Å². The van der Waals surface area contributed by atoms with Gasteiger partial charge in [-0.15, -0.1) is 0 Å². The van der Waals surface area contributed by atoms with Crippen LogP contribution in [-0.4, -0.2) is 27.8 Å². The fourth-order valence-electron chi connectivity index (χ4n) is 1.54. The highest BCUT2D eigenvalue weighted by Gasteiger charge is 2.15. The maximum atomic E-state index is 11.6. The molecule has 0 aromatic carbocycles. The van der Waals surface area contributed by atoms with E-state index in [9.17, 15) is 9.59 Å². The van der Waals surface area contributed by atoms with Gasteiger partial charge in [0.1, 0.15) is 5.82 Å². The Morgan fingerprint density at radius 3 is 3.19 bits per heavy atom. The third-order valence-corrected chi connectivity index (χ3v) is 2.29. The van der Waals surface area contributed by atoms with Crippen molar-refractivity contribution in [1.82, 2.24) is 15.3 Å². The monoisotopic (exact) mass is 225 g/mol. The Hall–Kier alpha value is -1.89. The largest absolute Gasteiger partial charge is 0.465 e. The van der Waals surface area contributed by atoms with Crippen LogP contribution < -0.4 is 10.9 Å². The summed E-state index contributed by atoms with van der Waals surface area (Å²) in [5, 5.41) is 10.6. The van der Waals surface area contributed by atoms with Crippen molar-refractivity contribution in [2.24, 2.45) is 0 Å². The zero-order chi connectivity index (χ0) is 11.5. The Balaban J connectivity index is 2.25. The van der Waals surface area contributed by atoms with Crippen LogP contribution in [0, 0.1) is 0 Å². The van der Waals surface area contributed by atoms with Crippen molar-refractivity contribution in [3.63, 3.8) is 0 Å². The van der Waals surface area contributed by atoms with Crippen LogP contribution in [0.3, 0.4) is 0 Å². The number of hydrogen-bond acceptors (Lipinski definition) is 4. The molecule has 0 saturated heterocycles. The minimum Gasteiger partial charge on any atom is -0.465 e. The number of aromatic nitrogens is 2. The molecule has 1 aromatic heterocycles. The van der Waals surface area contributed by atoms with Crippen LogP contribution in [0.5, 0.6) is 0 Å². The van der Waals surface area contributed by atoms with E-state index in [-0.39, 0.29) is 18.7 Å². The summed E-state index contributed by atoms with van der Waals surface area (Å²) in [4.78, 5) is 28.6. The molecule has 1 aromatic rings. The molecule has 16 heavy (non-hydrogen) atoms. The fraction of sp³-hybridized carbons (Fsp3) is 0.444. The highest BCUT2D eigenvalue weighted by atomic mass is 16.5. The molecule has 2 rings (SSSR count). The summed E-state index contributed by atoms with van der Waals surface area (Å²) in [7, 11) is 0. The maximum Gasteiger partial charge on any atom is 0.405 e. The van der Waals surface area contributed by atoms with Gasteiger partial charge in [-0.05, 0) is 0 Å². The van der Waals surface area contributed by atoms with E-state index in [0.29, 0.717) is 30.1 Å². The zero-order valence-corrected chi connectivity index (χ0v) is 8.45. The molecular formula is C9H11N3O4. The third kappa shape index (κ3) is 2.19. The molecule has 0 spiro atoms. The van der Waals surface area contributed by atoms with E-state index in [1.807, 2.05) is 0 Å². The molecule has 0 bridgehead atoms. The molecule has 7 heteroatoms. The van der Waals surface area contributed by atoms with Gasteiger partial charge in [0, 0.05) is 6.42 Å². The molecule has 0 atom stereocenters. The van der Waals surface area contributed by atoms with E-state index in [1.54, 1.807) is 0 Å². The molecule has 1 aliphatic heterocycles. The van der Waals surface area contributed by atoms with Crippen LogP contribution in [-0.2, 0) is 24.3 Å². The van der Waals surface area contributed by atoms with E-state index in [1.165, 1.54) is 0 Å². The normalized spacial score (nSPS) is 14.2. The molecule has 1 aliphatic rings. The summed E-state index contributed by atoms with van der Waals surface area (Å²) in [6, 6.07) is 0. The number of hydrogen-bond donors (Lipinski definition) is 3. The number of carbonyl (C=O) groups is 1. The lowest BCUT2D eigenvalue weighted by Crippen LogP contribution is -2.28. The van der Waals surface area contributed by atoms with Crippen LogP contribution in [0.2, 0.25) is 0 Å². The molecule has 7 nitrogen and oxygen atoms in total. The first kappa shape index (κ1) is 10.6. The van der Waals surface area contributed by atoms with Crippen molar-refractivity contribution in [2.45, 2.75) is 19.6 Å². The first-order chi connectivity index (χ1) is 7.66. The van der Waals surface area contributed by atoms with Gasteiger partial charge in [-0.2, -0.15) is 0 Å². The molecule has 3 N–H and O–H groups in total. The van der Waals surface area contributed by atoms with Crippen LogP contribution in [0.15, 0.2) is 4.79 Å². The minimum absolute atomic E-state index is 0.00128. The van der Waals surface area contributed by atoms with E-state index >= 15 is 0 Å². The van der Waals surface area contributed by atoms with E-state index in [0.717, 1.165) is 0 Å². The Bertz CT molecular complexity index is 468. The lowest BCUT2D eigenvalue weighted by atomic mass is 10.1. The summed E-state index contributed by atoms with van der Waals surface area (Å²) in [6.45, 7) is 0.804. The first-order valence-corrected chi connectivity index (χ1v) is 4.82. The molecular weight excluding hydrogens is 214 g/mol. The number of nitrogens with zero attached hydrogens (tertiary/aromatic N) is 1. The Kier molecular flexibility index (Phi) is 2.86. The topological polar surface area (TPSA) is 104 Å². The average molecular weight is 225 g/mol. The second-order valence-electron chi connectivity index (χ2n) is 3.40. The lowest BCUT2D eigenvalue weighted by Gasteiger charge is -2.15. The smallest absolute Gasteiger partial charge is 0.405 e. The van der Waals surface area contributed by atoms with Gasteiger partial charge >= 0.3 is 6.09 Å². The quantitative estimate of drug-likeness (QED) is 0.635. The second kappa shape index (κ2) is 4.31. The third-order valence-electron chi connectivity index (χ3n) is 2.29. The second-order valence-corrected chi connectivity index (χ2v) is 3.40. The van der Waals surface area contributed by atoms with Gasteiger partial charge in [0.15, 0.2) is 0 Å². The minimum atomic E-state index is -1.15. The molecule has 0 aliphatic carbocycles. The number of fused-ring (bicyclic) bond motifs is 1. The molecule has 0 saturated carbocycles. The van der Waals surface area contributed by atoms with Gasteiger partial charge < -0.3 is 20.1 Å². The van der Waals surface area contributed by atoms with Gasteiger partial charge in [-0.1, -0.05) is 0 Å². The van der Waals surface area contributed by atoms with Crippen molar-refractivity contribution in [3.05, 3.63) is 27.4 Å². The van der Waals surface area contributed by atoms with Gasteiger partial charge in [0.2, 0.25) is 0 Å². The summed E-state index contributed by atoms with van der Waals surface area (Å²) < 4.78 is 5.15. The van der Waals surface area contributed by atoms with Gasteiger partial charge in [0.05, 0.1) is 31.0 Å². The number of nitrogens with one attached hydrogen (secondary N) is 2. The maximum absolute atomic E-state index is 11.6. The summed E-state index contributed by atoms with van der Waals surface area (Å²) >= 11 is 0. The first-order valence-electron chi connectivity index (χ1n) is 4.82. The molecule has 2 heterocycles. The number of aromatic amines is 1. The van der Waals surface area contributed by atoms with E-state index < -0.39 is 6.09 Å². The van der Waals surface area contributed by atoms with Crippen molar-refractivity contribution in [3.8, 4) is 0 Å². The Morgan fingerprint density at radius 2 is 2.44 bits per heavy atom. The highest BCUT2D eigenvalue weighted by Crippen LogP contribution is 2.09. The van der Waals surface area contributed by atoms with Gasteiger partial charge in [-0.25, -0.2) is 9.78 Å². The summed E-state index contributed by atoms with van der Waals surface area (Å²) in [6.07, 6.45) is -0.567. The van der Waals surface area contributed by atoms with Crippen molar-refractivity contribution >= 4 is 6.09 Å². The lowest BCUT2D eigenvalue weighted by molar-refractivity contribution is 0.107. The predicted octanol–water partition coefficient (Wildman–Crippen LogP) is -0.390. The number of ether oxygens (including phenoxy) is 1. The predicted molar refractivity (Wildman–Crippen MR) is 53.1 cm³/mol. The molecule has 86 valence electrons. The SMILES string of the molecule is O=C(O)NCc1nc2c(c(=O)[nH]1)COCC2. The summed E-state index contributed by atoms with van der Waals surface area (Å²) in [5.41, 5.74) is 0.967. The highest BCUT2D eigenvalue weighted by molar-refractivity contribution is 5.64. The standard InChI is InChI=1S/C9H11N3O4/c13-8-5-4-16-2-1-6(5)11-7(12-8)3-10-9(14)15/h10H,1-4H2,(H,14,15)(H,11,12,13). The molecule has 0 radical (unpaired) electrons. The van der Waals surface area contributed by atoms with Crippen LogP contribution >= 0.6 is 0 Å². The van der Waals surface area contributed by atoms with Crippen molar-refractivity contribution in [1.29, 1.82) is 0 Å². The van der Waals surface area contributed by atoms with Crippen LogP contribution in [0.1, 0.15) is 17.1 Å². The zero-order valence-electron chi connectivity index (χ0n) is 8.45. The number of amides is 1. The average Bonchev–Trinajstić information content (AvgIpc) is 2.26. The van der Waals surface area contributed by atoms with E-state index in [4.69, 9.17) is 9.84 Å². The van der Waals surface area contributed by atoms with Crippen LogP contribution in [0.25, 0.3) is 0 Å². The molecule has 1 amide bonds.